The van der Waals surface area contributed by atoms with Crippen molar-refractivity contribution in [3.05, 3.63) is 77.9 Å². The van der Waals surface area contributed by atoms with Crippen LogP contribution in [-0.4, -0.2) is 6.02 Å². The van der Waals surface area contributed by atoms with Crippen molar-refractivity contribution in [3.63, 3.8) is 0 Å². The molecule has 0 amide bonds. The molecule has 1 atom stereocenters. The van der Waals surface area contributed by atoms with Gasteiger partial charge >= 0.3 is 0 Å². The van der Waals surface area contributed by atoms with Gasteiger partial charge in [-0.1, -0.05) is 60.7 Å². The van der Waals surface area contributed by atoms with E-state index in [1.807, 2.05) is 66.7 Å². The van der Waals surface area contributed by atoms with Gasteiger partial charge in [-0.25, -0.2) is 4.99 Å². The topological polar surface area (TPSA) is 47.6 Å². The summed E-state index contributed by atoms with van der Waals surface area (Å²) in [6.07, 6.45) is 1.99. The van der Waals surface area contributed by atoms with Crippen LogP contribution in [0.5, 0.6) is 0 Å². The van der Waals surface area contributed by atoms with E-state index in [2.05, 4.69) is 4.99 Å². The molecule has 1 heterocycles. The van der Waals surface area contributed by atoms with Crippen LogP contribution in [0.15, 0.2) is 71.7 Å². The van der Waals surface area contributed by atoms with Crippen molar-refractivity contribution in [2.24, 2.45) is 10.7 Å². The van der Waals surface area contributed by atoms with Gasteiger partial charge in [0.25, 0.3) is 6.02 Å². The highest BCUT2D eigenvalue weighted by atomic mass is 16.5. The van der Waals surface area contributed by atoms with E-state index in [9.17, 15) is 0 Å². The predicted octanol–water partition coefficient (Wildman–Crippen LogP) is 3.11. The Balaban J connectivity index is 1.97. The van der Waals surface area contributed by atoms with Gasteiger partial charge in [-0.15, -0.1) is 0 Å². The van der Waals surface area contributed by atoms with E-state index in [-0.39, 0.29) is 12.1 Å². The molecule has 2 N–H and O–H groups in total. The van der Waals surface area contributed by atoms with Crippen LogP contribution < -0.4 is 5.73 Å². The molecule has 3 rings (SSSR count). The summed E-state index contributed by atoms with van der Waals surface area (Å²) in [6.45, 7) is 0. The van der Waals surface area contributed by atoms with Crippen molar-refractivity contribution >= 4 is 11.8 Å². The number of amidine groups is 1. The minimum absolute atomic E-state index is 0.0924. The zero-order valence-electron chi connectivity index (χ0n) is 10.4. The van der Waals surface area contributed by atoms with E-state index in [0.717, 1.165) is 16.9 Å². The number of hydrogen-bond donors (Lipinski definition) is 1. The first kappa shape index (κ1) is 11.5. The SMILES string of the molecule is NC1=N[C@@H](c2ccccc2)C=C(c2ccccc2)O1. The van der Waals surface area contributed by atoms with Gasteiger partial charge < -0.3 is 10.5 Å². The first-order chi connectivity index (χ1) is 9.33. The van der Waals surface area contributed by atoms with Gasteiger partial charge in [0.2, 0.25) is 0 Å². The number of benzene rings is 2. The maximum absolute atomic E-state index is 5.78. The zero-order valence-corrected chi connectivity index (χ0v) is 10.4. The van der Waals surface area contributed by atoms with Crippen LogP contribution in [0.25, 0.3) is 5.76 Å². The quantitative estimate of drug-likeness (QED) is 0.890. The molecule has 0 aromatic heterocycles. The lowest BCUT2D eigenvalue weighted by Crippen LogP contribution is -2.20. The van der Waals surface area contributed by atoms with E-state index < -0.39 is 0 Å². The molecule has 0 saturated carbocycles. The van der Waals surface area contributed by atoms with Crippen molar-refractivity contribution in [2.45, 2.75) is 6.04 Å². The van der Waals surface area contributed by atoms with Gasteiger partial charge in [-0.2, -0.15) is 0 Å². The molecule has 19 heavy (non-hydrogen) atoms. The summed E-state index contributed by atoms with van der Waals surface area (Å²) in [6, 6.07) is 20.0. The van der Waals surface area contributed by atoms with E-state index >= 15 is 0 Å². The molecular weight excluding hydrogens is 236 g/mol. The van der Waals surface area contributed by atoms with Crippen molar-refractivity contribution in [1.82, 2.24) is 0 Å². The second-order valence-electron chi connectivity index (χ2n) is 4.32. The molecule has 0 bridgehead atoms. The monoisotopic (exact) mass is 250 g/mol. The number of ether oxygens (including phenoxy) is 1. The Bertz CT molecular complexity index is 618. The van der Waals surface area contributed by atoms with E-state index in [1.54, 1.807) is 0 Å². The maximum atomic E-state index is 5.78. The molecule has 1 aliphatic rings. The fourth-order valence-electron chi connectivity index (χ4n) is 2.07. The Kier molecular flexibility index (Phi) is 3.02. The summed E-state index contributed by atoms with van der Waals surface area (Å²) in [5.74, 6) is 0.752. The summed E-state index contributed by atoms with van der Waals surface area (Å²) in [5, 5.41) is 0. The van der Waals surface area contributed by atoms with Crippen LogP contribution in [0.3, 0.4) is 0 Å². The van der Waals surface area contributed by atoms with E-state index in [4.69, 9.17) is 10.5 Å². The van der Waals surface area contributed by atoms with Crippen molar-refractivity contribution < 1.29 is 4.74 Å². The Morgan fingerprint density at radius 2 is 1.53 bits per heavy atom. The minimum atomic E-state index is -0.0924. The molecule has 3 heteroatoms. The normalized spacial score (nSPS) is 18.2. The summed E-state index contributed by atoms with van der Waals surface area (Å²) in [5.41, 5.74) is 7.88. The highest BCUT2D eigenvalue weighted by Crippen LogP contribution is 2.28. The highest BCUT2D eigenvalue weighted by Gasteiger charge is 2.17. The lowest BCUT2D eigenvalue weighted by Gasteiger charge is -2.19. The number of aliphatic imine (C=N–C) groups is 1. The molecular formula is C16H14N2O. The van der Waals surface area contributed by atoms with Crippen molar-refractivity contribution in [2.75, 3.05) is 0 Å². The average Bonchev–Trinajstić information content (AvgIpc) is 2.48. The van der Waals surface area contributed by atoms with Crippen LogP contribution in [0, 0.1) is 0 Å². The molecule has 0 fully saturated rings. The van der Waals surface area contributed by atoms with Crippen LogP contribution >= 0.6 is 0 Å². The summed E-state index contributed by atoms with van der Waals surface area (Å²) >= 11 is 0. The Morgan fingerprint density at radius 3 is 2.21 bits per heavy atom. The summed E-state index contributed by atoms with van der Waals surface area (Å²) in [4.78, 5) is 4.32. The molecule has 2 aromatic rings. The van der Waals surface area contributed by atoms with E-state index in [1.165, 1.54) is 0 Å². The number of hydrogen-bond acceptors (Lipinski definition) is 3. The molecule has 0 spiro atoms. The molecule has 1 aliphatic heterocycles. The van der Waals surface area contributed by atoms with Crippen LogP contribution in [0.2, 0.25) is 0 Å². The van der Waals surface area contributed by atoms with Gasteiger partial charge in [-0.05, 0) is 11.6 Å². The van der Waals surface area contributed by atoms with E-state index in [0.29, 0.717) is 0 Å². The molecule has 0 saturated heterocycles. The van der Waals surface area contributed by atoms with Crippen LogP contribution in [-0.2, 0) is 4.74 Å². The zero-order chi connectivity index (χ0) is 13.1. The van der Waals surface area contributed by atoms with Crippen molar-refractivity contribution in [3.8, 4) is 0 Å². The first-order valence-electron chi connectivity index (χ1n) is 6.16. The second-order valence-corrected chi connectivity index (χ2v) is 4.32. The van der Waals surface area contributed by atoms with Crippen LogP contribution in [0.1, 0.15) is 17.2 Å². The molecule has 2 aromatic carbocycles. The van der Waals surface area contributed by atoms with Gasteiger partial charge in [0.15, 0.2) is 0 Å². The maximum Gasteiger partial charge on any atom is 0.288 e. The smallest absolute Gasteiger partial charge is 0.288 e. The number of rotatable bonds is 2. The second kappa shape index (κ2) is 4.98. The largest absolute Gasteiger partial charge is 0.426 e. The Hall–Kier alpha value is -2.55. The Labute approximate surface area is 112 Å². The third-order valence-electron chi connectivity index (χ3n) is 2.99. The molecule has 3 nitrogen and oxygen atoms in total. The first-order valence-corrected chi connectivity index (χ1v) is 6.16. The lowest BCUT2D eigenvalue weighted by atomic mass is 10.0. The third kappa shape index (κ3) is 2.50. The fraction of sp³-hybridized carbons (Fsp3) is 0.0625. The van der Waals surface area contributed by atoms with Gasteiger partial charge in [0.1, 0.15) is 11.8 Å². The van der Waals surface area contributed by atoms with Gasteiger partial charge in [0.05, 0.1) is 0 Å². The van der Waals surface area contributed by atoms with Gasteiger partial charge in [-0.3, -0.25) is 0 Å². The predicted molar refractivity (Wildman–Crippen MR) is 76.3 cm³/mol. The summed E-state index contributed by atoms with van der Waals surface area (Å²) in [7, 11) is 0. The average molecular weight is 250 g/mol. The highest BCUT2D eigenvalue weighted by molar-refractivity contribution is 5.82. The molecule has 94 valence electrons. The van der Waals surface area contributed by atoms with Gasteiger partial charge in [0, 0.05) is 5.56 Å². The standard InChI is InChI=1S/C16H14N2O/c17-16-18-14(12-7-3-1-4-8-12)11-15(19-16)13-9-5-2-6-10-13/h1-11,14H,(H2,17,18)/t14-/m1/s1. The number of nitrogens with zero attached hydrogens (tertiary/aromatic N) is 1. The molecule has 0 unspecified atom stereocenters. The van der Waals surface area contributed by atoms with Crippen molar-refractivity contribution in [1.29, 1.82) is 0 Å². The fourth-order valence-corrected chi connectivity index (χ4v) is 2.07. The number of nitrogens with two attached hydrogens (primary N) is 1. The third-order valence-corrected chi connectivity index (χ3v) is 2.99. The Morgan fingerprint density at radius 1 is 0.895 bits per heavy atom. The summed E-state index contributed by atoms with van der Waals surface area (Å²) < 4.78 is 5.51. The minimum Gasteiger partial charge on any atom is -0.426 e. The van der Waals surface area contributed by atoms with Crippen LogP contribution in [0.4, 0.5) is 0 Å². The lowest BCUT2D eigenvalue weighted by molar-refractivity contribution is 0.476. The molecule has 0 aliphatic carbocycles. The molecule has 0 radical (unpaired) electrons.